The van der Waals surface area contributed by atoms with Crippen LogP contribution in [-0.4, -0.2) is 34.8 Å². The fourth-order valence-electron chi connectivity index (χ4n) is 1.49. The second kappa shape index (κ2) is 6.66. The lowest BCUT2D eigenvalue weighted by Crippen LogP contribution is -2.28. The molecule has 16 heavy (non-hydrogen) atoms. The van der Waals surface area contributed by atoms with E-state index < -0.39 is 0 Å². The summed E-state index contributed by atoms with van der Waals surface area (Å²) in [6.07, 6.45) is 2.18. The summed E-state index contributed by atoms with van der Waals surface area (Å²) < 4.78 is 0. The van der Waals surface area contributed by atoms with Crippen LogP contribution in [0.15, 0.2) is 6.07 Å². The molecule has 4 nitrogen and oxygen atoms in total. The Hall–Kier alpha value is -0.870. The Kier molecular flexibility index (Phi) is 5.49. The zero-order chi connectivity index (χ0) is 12.0. The molecular weight excluding hydrogens is 226 g/mol. The highest BCUT2D eigenvalue weighted by molar-refractivity contribution is 6.29. The molecule has 1 heterocycles. The van der Waals surface area contributed by atoms with E-state index in [1.165, 1.54) is 0 Å². The second-order valence-corrected chi connectivity index (χ2v) is 4.05. The smallest absolute Gasteiger partial charge is 0.134 e. The van der Waals surface area contributed by atoms with Crippen LogP contribution in [-0.2, 0) is 0 Å². The van der Waals surface area contributed by atoms with Crippen molar-refractivity contribution in [2.24, 2.45) is 0 Å². The molecule has 0 saturated carbocycles. The first-order chi connectivity index (χ1) is 7.67. The van der Waals surface area contributed by atoms with Crippen molar-refractivity contribution in [3.8, 4) is 0 Å². The molecule has 5 heteroatoms. The highest BCUT2D eigenvalue weighted by atomic mass is 35.5. The lowest BCUT2D eigenvalue weighted by atomic mass is 10.3. The molecule has 0 spiro atoms. The maximum Gasteiger partial charge on any atom is 0.134 e. The summed E-state index contributed by atoms with van der Waals surface area (Å²) in [6.45, 7) is 5.52. The molecule has 0 aliphatic heterocycles. The average molecular weight is 244 g/mol. The minimum atomic E-state index is 0.115. The van der Waals surface area contributed by atoms with Crippen molar-refractivity contribution < 1.29 is 5.11 Å². The van der Waals surface area contributed by atoms with E-state index in [1.807, 2.05) is 11.8 Å². The molecule has 0 amide bonds. The standard InChI is InChI=1S/C11H18ClN3O/c1-3-4-5-15(6-7-16)11-8-10(12)13-9(2)14-11/h8,16H,3-7H2,1-2H3. The van der Waals surface area contributed by atoms with Crippen LogP contribution in [0.1, 0.15) is 25.6 Å². The first-order valence-electron chi connectivity index (χ1n) is 5.54. The van der Waals surface area contributed by atoms with E-state index in [-0.39, 0.29) is 6.61 Å². The number of rotatable bonds is 6. The first kappa shape index (κ1) is 13.2. The van der Waals surface area contributed by atoms with Gasteiger partial charge in [0.1, 0.15) is 16.8 Å². The molecule has 0 aromatic carbocycles. The minimum absolute atomic E-state index is 0.115. The fraction of sp³-hybridized carbons (Fsp3) is 0.636. The number of aromatic nitrogens is 2. The summed E-state index contributed by atoms with van der Waals surface area (Å²) in [5.41, 5.74) is 0. The third kappa shape index (κ3) is 3.94. The van der Waals surface area contributed by atoms with Gasteiger partial charge in [0.15, 0.2) is 0 Å². The Balaban J connectivity index is 2.82. The van der Waals surface area contributed by atoms with Crippen LogP contribution < -0.4 is 4.90 Å². The fourth-order valence-corrected chi connectivity index (χ4v) is 1.71. The number of unbranched alkanes of at least 4 members (excludes halogenated alkanes) is 1. The maximum atomic E-state index is 9.02. The number of halogens is 1. The quantitative estimate of drug-likeness (QED) is 0.777. The summed E-state index contributed by atoms with van der Waals surface area (Å²) >= 11 is 5.89. The minimum Gasteiger partial charge on any atom is -0.395 e. The molecule has 0 aliphatic rings. The summed E-state index contributed by atoms with van der Waals surface area (Å²) in [5, 5.41) is 9.46. The van der Waals surface area contributed by atoms with Gasteiger partial charge in [-0.15, -0.1) is 0 Å². The van der Waals surface area contributed by atoms with Crippen LogP contribution >= 0.6 is 11.6 Å². The van der Waals surface area contributed by atoms with Gasteiger partial charge >= 0.3 is 0 Å². The van der Waals surface area contributed by atoms with Gasteiger partial charge in [-0.25, -0.2) is 9.97 Å². The van der Waals surface area contributed by atoms with Gasteiger partial charge in [-0.1, -0.05) is 24.9 Å². The topological polar surface area (TPSA) is 49.2 Å². The van der Waals surface area contributed by atoms with Crippen molar-refractivity contribution in [2.45, 2.75) is 26.7 Å². The average Bonchev–Trinajstić information content (AvgIpc) is 2.22. The zero-order valence-electron chi connectivity index (χ0n) is 9.78. The summed E-state index contributed by atoms with van der Waals surface area (Å²) in [4.78, 5) is 10.4. The third-order valence-electron chi connectivity index (χ3n) is 2.27. The monoisotopic (exact) mass is 243 g/mol. The van der Waals surface area contributed by atoms with E-state index in [0.29, 0.717) is 17.5 Å². The molecular formula is C11H18ClN3O. The van der Waals surface area contributed by atoms with Crippen molar-refractivity contribution in [3.05, 3.63) is 17.0 Å². The lowest BCUT2D eigenvalue weighted by Gasteiger charge is -2.22. The van der Waals surface area contributed by atoms with Gasteiger partial charge in [0.05, 0.1) is 6.61 Å². The Labute approximate surface area is 101 Å². The predicted octanol–water partition coefficient (Wildman–Crippen LogP) is 2.04. The first-order valence-corrected chi connectivity index (χ1v) is 5.92. The number of hydrogen-bond acceptors (Lipinski definition) is 4. The maximum absolute atomic E-state index is 9.02. The van der Waals surface area contributed by atoms with Crippen LogP contribution in [0.4, 0.5) is 5.82 Å². The van der Waals surface area contributed by atoms with Crippen LogP contribution in [0.3, 0.4) is 0 Å². The van der Waals surface area contributed by atoms with Gasteiger partial charge in [0.25, 0.3) is 0 Å². The molecule has 0 aliphatic carbocycles. The van der Waals surface area contributed by atoms with Crippen LogP contribution in [0, 0.1) is 6.92 Å². The van der Waals surface area contributed by atoms with Gasteiger partial charge in [0, 0.05) is 19.2 Å². The van der Waals surface area contributed by atoms with Gasteiger partial charge in [0.2, 0.25) is 0 Å². The number of aliphatic hydroxyl groups excluding tert-OH is 1. The van der Waals surface area contributed by atoms with Crippen LogP contribution in [0.5, 0.6) is 0 Å². The van der Waals surface area contributed by atoms with Crippen molar-refractivity contribution in [1.29, 1.82) is 0 Å². The number of anilines is 1. The summed E-state index contributed by atoms with van der Waals surface area (Å²) in [5.74, 6) is 1.45. The SMILES string of the molecule is CCCCN(CCO)c1cc(Cl)nc(C)n1. The second-order valence-electron chi connectivity index (χ2n) is 3.66. The molecule has 0 bridgehead atoms. The number of hydrogen-bond donors (Lipinski definition) is 1. The molecule has 0 unspecified atom stereocenters. The van der Waals surface area contributed by atoms with Crippen LogP contribution in [0.2, 0.25) is 5.15 Å². The van der Waals surface area contributed by atoms with E-state index in [2.05, 4.69) is 16.9 Å². The van der Waals surface area contributed by atoms with E-state index in [4.69, 9.17) is 16.7 Å². The number of aliphatic hydroxyl groups is 1. The van der Waals surface area contributed by atoms with Crippen LogP contribution in [0.25, 0.3) is 0 Å². The third-order valence-corrected chi connectivity index (χ3v) is 2.46. The van der Waals surface area contributed by atoms with Gasteiger partial charge in [-0.05, 0) is 13.3 Å². The highest BCUT2D eigenvalue weighted by Gasteiger charge is 2.08. The van der Waals surface area contributed by atoms with Crippen molar-refractivity contribution >= 4 is 17.4 Å². The molecule has 0 fully saturated rings. The molecule has 0 radical (unpaired) electrons. The molecule has 1 rings (SSSR count). The van der Waals surface area contributed by atoms with E-state index in [9.17, 15) is 0 Å². The van der Waals surface area contributed by atoms with E-state index in [0.717, 1.165) is 25.2 Å². The Bertz CT molecular complexity index is 313. The summed E-state index contributed by atoms with van der Waals surface area (Å²) in [6, 6.07) is 1.74. The van der Waals surface area contributed by atoms with Crippen molar-refractivity contribution in [3.63, 3.8) is 0 Å². The molecule has 1 N–H and O–H groups in total. The predicted molar refractivity (Wildman–Crippen MR) is 66.0 cm³/mol. The zero-order valence-corrected chi connectivity index (χ0v) is 10.5. The lowest BCUT2D eigenvalue weighted by molar-refractivity contribution is 0.301. The highest BCUT2D eigenvalue weighted by Crippen LogP contribution is 2.16. The molecule has 90 valence electrons. The number of nitrogens with zero attached hydrogens (tertiary/aromatic N) is 3. The molecule has 0 atom stereocenters. The largest absolute Gasteiger partial charge is 0.395 e. The normalized spacial score (nSPS) is 10.5. The Morgan fingerprint density at radius 2 is 2.12 bits per heavy atom. The number of aryl methyl sites for hydroxylation is 1. The van der Waals surface area contributed by atoms with Gasteiger partial charge in [-0.3, -0.25) is 0 Å². The molecule has 1 aromatic rings. The van der Waals surface area contributed by atoms with E-state index >= 15 is 0 Å². The van der Waals surface area contributed by atoms with Crippen molar-refractivity contribution in [2.75, 3.05) is 24.6 Å². The van der Waals surface area contributed by atoms with E-state index in [1.54, 1.807) is 6.07 Å². The Morgan fingerprint density at radius 3 is 2.69 bits per heavy atom. The molecule has 1 aromatic heterocycles. The van der Waals surface area contributed by atoms with Crippen molar-refractivity contribution in [1.82, 2.24) is 9.97 Å². The molecule has 0 saturated heterocycles. The van der Waals surface area contributed by atoms with Gasteiger partial charge in [-0.2, -0.15) is 0 Å². The Morgan fingerprint density at radius 1 is 1.38 bits per heavy atom. The van der Waals surface area contributed by atoms with Gasteiger partial charge < -0.3 is 10.0 Å². The summed E-state index contributed by atoms with van der Waals surface area (Å²) in [7, 11) is 0.